The van der Waals surface area contributed by atoms with Gasteiger partial charge < -0.3 is 9.52 Å². The van der Waals surface area contributed by atoms with Gasteiger partial charge >= 0.3 is 5.63 Å². The topological polar surface area (TPSA) is 67.5 Å². The standard InChI is InChI=1S/C11H12O4/c1-3-4-5-8(12)10-9(13)6-7(2)15-11(10)14/h4-6,13H,3H2,1-2H3. The highest BCUT2D eigenvalue weighted by Gasteiger charge is 2.15. The molecule has 1 aromatic rings. The summed E-state index contributed by atoms with van der Waals surface area (Å²) in [4.78, 5) is 22.7. The molecular weight excluding hydrogens is 196 g/mol. The van der Waals surface area contributed by atoms with E-state index in [9.17, 15) is 14.7 Å². The molecule has 15 heavy (non-hydrogen) atoms. The minimum atomic E-state index is -0.807. The second-order valence-electron chi connectivity index (χ2n) is 3.08. The predicted molar refractivity (Wildman–Crippen MR) is 55.1 cm³/mol. The largest absolute Gasteiger partial charge is 0.507 e. The number of carbonyl (C=O) groups excluding carboxylic acids is 1. The summed E-state index contributed by atoms with van der Waals surface area (Å²) in [7, 11) is 0. The summed E-state index contributed by atoms with van der Waals surface area (Å²) in [6, 6.07) is 1.24. The van der Waals surface area contributed by atoms with Crippen LogP contribution in [0.1, 0.15) is 29.5 Å². The van der Waals surface area contributed by atoms with Crippen LogP contribution in [0.4, 0.5) is 0 Å². The van der Waals surface area contributed by atoms with Crippen LogP contribution in [0.15, 0.2) is 27.4 Å². The molecule has 1 heterocycles. The van der Waals surface area contributed by atoms with E-state index in [1.807, 2.05) is 6.92 Å². The highest BCUT2D eigenvalue weighted by atomic mass is 16.4. The zero-order valence-corrected chi connectivity index (χ0v) is 8.61. The summed E-state index contributed by atoms with van der Waals surface area (Å²) in [6.07, 6.45) is 3.55. The van der Waals surface area contributed by atoms with Gasteiger partial charge in [0.15, 0.2) is 5.78 Å². The summed E-state index contributed by atoms with van der Waals surface area (Å²) in [5.41, 5.74) is -1.12. The molecule has 0 saturated carbocycles. The fraction of sp³-hybridized carbons (Fsp3) is 0.273. The second-order valence-corrected chi connectivity index (χ2v) is 3.08. The van der Waals surface area contributed by atoms with E-state index in [1.54, 1.807) is 6.08 Å². The number of allylic oxidation sites excluding steroid dienone is 2. The lowest BCUT2D eigenvalue weighted by Crippen LogP contribution is -2.12. The highest BCUT2D eigenvalue weighted by molar-refractivity contribution is 6.05. The second kappa shape index (κ2) is 4.59. The molecule has 80 valence electrons. The lowest BCUT2D eigenvalue weighted by molar-refractivity contribution is 0.104. The van der Waals surface area contributed by atoms with Gasteiger partial charge in [-0.05, 0) is 19.4 Å². The number of carbonyl (C=O) groups is 1. The fourth-order valence-corrected chi connectivity index (χ4v) is 1.13. The third kappa shape index (κ3) is 2.56. The lowest BCUT2D eigenvalue weighted by Gasteiger charge is -1.99. The molecule has 1 aromatic heterocycles. The van der Waals surface area contributed by atoms with Gasteiger partial charge in [0.2, 0.25) is 0 Å². The Morgan fingerprint density at radius 1 is 1.60 bits per heavy atom. The lowest BCUT2D eigenvalue weighted by atomic mass is 10.1. The molecule has 1 rings (SSSR count). The van der Waals surface area contributed by atoms with Crippen LogP contribution in [0.5, 0.6) is 5.75 Å². The van der Waals surface area contributed by atoms with Crippen LogP contribution in [0, 0.1) is 6.92 Å². The van der Waals surface area contributed by atoms with E-state index in [0.29, 0.717) is 6.42 Å². The van der Waals surface area contributed by atoms with Gasteiger partial charge in [-0.25, -0.2) is 4.79 Å². The van der Waals surface area contributed by atoms with Crippen LogP contribution in [-0.4, -0.2) is 10.9 Å². The third-order valence-corrected chi connectivity index (χ3v) is 1.81. The first-order valence-corrected chi connectivity index (χ1v) is 4.60. The third-order valence-electron chi connectivity index (χ3n) is 1.81. The van der Waals surface area contributed by atoms with Gasteiger partial charge in [-0.15, -0.1) is 0 Å². The summed E-state index contributed by atoms with van der Waals surface area (Å²) in [5.74, 6) is -0.605. The van der Waals surface area contributed by atoms with E-state index in [4.69, 9.17) is 4.42 Å². The normalized spacial score (nSPS) is 10.8. The van der Waals surface area contributed by atoms with Crippen molar-refractivity contribution in [2.24, 2.45) is 0 Å². The van der Waals surface area contributed by atoms with Crippen LogP contribution in [0.25, 0.3) is 0 Å². The van der Waals surface area contributed by atoms with Crippen LogP contribution >= 0.6 is 0 Å². The zero-order valence-electron chi connectivity index (χ0n) is 8.61. The van der Waals surface area contributed by atoms with E-state index >= 15 is 0 Å². The molecule has 0 aliphatic carbocycles. The highest BCUT2D eigenvalue weighted by Crippen LogP contribution is 2.15. The maximum atomic E-state index is 11.4. The van der Waals surface area contributed by atoms with Crippen molar-refractivity contribution in [2.45, 2.75) is 20.3 Å². The van der Waals surface area contributed by atoms with Gasteiger partial charge in [0.25, 0.3) is 0 Å². The molecule has 0 bridgehead atoms. The molecule has 0 spiro atoms. The van der Waals surface area contributed by atoms with E-state index < -0.39 is 11.4 Å². The number of ketones is 1. The van der Waals surface area contributed by atoms with Crippen molar-refractivity contribution in [1.82, 2.24) is 0 Å². The Morgan fingerprint density at radius 3 is 2.80 bits per heavy atom. The zero-order chi connectivity index (χ0) is 11.4. The van der Waals surface area contributed by atoms with Crippen LogP contribution in [0.3, 0.4) is 0 Å². The Morgan fingerprint density at radius 2 is 2.27 bits per heavy atom. The molecule has 4 heteroatoms. The Kier molecular flexibility index (Phi) is 3.44. The van der Waals surface area contributed by atoms with Crippen LogP contribution in [0.2, 0.25) is 0 Å². The van der Waals surface area contributed by atoms with Crippen molar-refractivity contribution >= 4 is 5.78 Å². The summed E-state index contributed by atoms with van der Waals surface area (Å²) < 4.78 is 4.72. The van der Waals surface area contributed by atoms with Crippen molar-refractivity contribution < 1.29 is 14.3 Å². The molecule has 0 fully saturated rings. The molecule has 0 aliphatic rings. The van der Waals surface area contributed by atoms with Crippen molar-refractivity contribution in [2.75, 3.05) is 0 Å². The average molecular weight is 208 g/mol. The quantitative estimate of drug-likeness (QED) is 0.607. The predicted octanol–water partition coefficient (Wildman–Crippen LogP) is 1.80. The number of hydrogen-bond donors (Lipinski definition) is 1. The average Bonchev–Trinajstić information content (AvgIpc) is 2.12. The number of aryl methyl sites for hydroxylation is 1. The first-order chi connectivity index (χ1) is 7.06. The van der Waals surface area contributed by atoms with Gasteiger partial charge in [0.05, 0.1) is 0 Å². The smallest absolute Gasteiger partial charge is 0.351 e. The Bertz CT molecular complexity index is 454. The molecule has 0 amide bonds. The molecule has 0 aromatic carbocycles. The van der Waals surface area contributed by atoms with Gasteiger partial charge in [0.1, 0.15) is 17.1 Å². The Balaban J connectivity index is 3.21. The monoisotopic (exact) mass is 208 g/mol. The number of rotatable bonds is 3. The van der Waals surface area contributed by atoms with Crippen molar-refractivity contribution in [3.63, 3.8) is 0 Å². The molecule has 0 atom stereocenters. The number of aromatic hydroxyl groups is 1. The minimum absolute atomic E-state index is 0.272. The Hall–Kier alpha value is -1.84. The minimum Gasteiger partial charge on any atom is -0.507 e. The van der Waals surface area contributed by atoms with E-state index in [1.165, 1.54) is 19.1 Å². The van der Waals surface area contributed by atoms with Crippen LogP contribution < -0.4 is 5.63 Å². The van der Waals surface area contributed by atoms with Gasteiger partial charge in [-0.3, -0.25) is 4.79 Å². The first-order valence-electron chi connectivity index (χ1n) is 4.60. The van der Waals surface area contributed by atoms with Crippen molar-refractivity contribution in [1.29, 1.82) is 0 Å². The van der Waals surface area contributed by atoms with Crippen molar-refractivity contribution in [3.8, 4) is 5.75 Å². The summed E-state index contributed by atoms with van der Waals surface area (Å²) in [5, 5.41) is 9.43. The van der Waals surface area contributed by atoms with Gasteiger partial charge in [0, 0.05) is 6.07 Å². The molecular formula is C11H12O4. The van der Waals surface area contributed by atoms with Gasteiger partial charge in [-0.1, -0.05) is 13.0 Å². The number of hydrogen-bond acceptors (Lipinski definition) is 4. The summed E-state index contributed by atoms with van der Waals surface area (Å²) in [6.45, 7) is 3.39. The SMILES string of the molecule is CCC=CC(=O)c1c(O)cc(C)oc1=O. The van der Waals surface area contributed by atoms with Crippen molar-refractivity contribution in [3.05, 3.63) is 40.0 Å². The molecule has 1 N–H and O–H groups in total. The van der Waals surface area contributed by atoms with E-state index in [-0.39, 0.29) is 17.1 Å². The van der Waals surface area contributed by atoms with Crippen LogP contribution in [-0.2, 0) is 0 Å². The maximum absolute atomic E-state index is 11.4. The Labute approximate surface area is 86.9 Å². The molecule has 0 unspecified atom stereocenters. The summed E-state index contributed by atoms with van der Waals surface area (Å²) >= 11 is 0. The fourth-order valence-electron chi connectivity index (χ4n) is 1.13. The molecule has 0 saturated heterocycles. The van der Waals surface area contributed by atoms with E-state index in [0.717, 1.165) is 0 Å². The van der Waals surface area contributed by atoms with E-state index in [2.05, 4.69) is 0 Å². The van der Waals surface area contributed by atoms with Gasteiger partial charge in [-0.2, -0.15) is 0 Å². The maximum Gasteiger partial charge on any atom is 0.351 e. The molecule has 4 nitrogen and oxygen atoms in total. The first kappa shape index (κ1) is 11.2. The molecule has 0 radical (unpaired) electrons. The molecule has 0 aliphatic heterocycles.